The lowest BCUT2D eigenvalue weighted by Gasteiger charge is -2.57. The maximum Gasteiger partial charge on any atom is 0.272 e. The molecule has 3 aromatic rings. The highest BCUT2D eigenvalue weighted by molar-refractivity contribution is 7.13. The van der Waals surface area contributed by atoms with E-state index < -0.39 is 18.9 Å². The van der Waals surface area contributed by atoms with Crippen molar-refractivity contribution in [1.29, 1.82) is 0 Å². The van der Waals surface area contributed by atoms with Crippen LogP contribution in [-0.2, 0) is 0 Å². The van der Waals surface area contributed by atoms with Crippen LogP contribution < -0.4 is 20.5 Å². The molecule has 2 fully saturated rings. The Morgan fingerprint density at radius 2 is 2.09 bits per heavy atom. The third-order valence-corrected chi connectivity index (χ3v) is 7.30. The average Bonchev–Trinajstić information content (AvgIpc) is 3.31. The molecule has 0 atom stereocenters. The molecule has 0 aliphatic heterocycles. The van der Waals surface area contributed by atoms with E-state index >= 15 is 0 Å². The number of ether oxygens (including phenoxy) is 2. The fourth-order valence-electron chi connectivity index (χ4n) is 4.86. The van der Waals surface area contributed by atoms with Crippen LogP contribution in [0.5, 0.6) is 11.6 Å². The van der Waals surface area contributed by atoms with Gasteiger partial charge in [0, 0.05) is 6.04 Å². The molecule has 34 heavy (non-hydrogen) atoms. The van der Waals surface area contributed by atoms with Gasteiger partial charge in [-0.05, 0) is 50.2 Å². The molecule has 1 spiro atoms. The lowest BCUT2D eigenvalue weighted by molar-refractivity contribution is -0.0846. The molecule has 12 heteroatoms. The summed E-state index contributed by atoms with van der Waals surface area (Å²) in [7, 11) is 0. The highest BCUT2D eigenvalue weighted by atomic mass is 32.1. The molecule has 5 rings (SSSR count). The molecule has 2 aliphatic carbocycles. The molecule has 0 bridgehead atoms. The van der Waals surface area contributed by atoms with Crippen LogP contribution in [0, 0.1) is 12.3 Å². The third-order valence-electron chi connectivity index (χ3n) is 6.33. The number of nitrogens with zero attached hydrogens (tertiary/aromatic N) is 3. The summed E-state index contributed by atoms with van der Waals surface area (Å²) < 4.78 is 37.0. The normalized spacial score (nSPS) is 23.5. The number of carbonyl (C=O) groups is 2. The molecule has 0 aromatic carbocycles. The second kappa shape index (κ2) is 8.49. The van der Waals surface area contributed by atoms with Gasteiger partial charge in [-0.2, -0.15) is 5.10 Å². The SMILES string of the molecule is Cc1nc(OC2CC3(CC(NC(=O)c4cnn5cc(OCC(F)F)ccc45)C3)C2)c(C(N)=O)s1. The van der Waals surface area contributed by atoms with Crippen molar-refractivity contribution in [1.82, 2.24) is 19.9 Å². The maximum absolute atomic E-state index is 12.8. The number of nitrogens with one attached hydrogen (secondary N) is 1. The molecular weight excluding hydrogens is 468 g/mol. The summed E-state index contributed by atoms with van der Waals surface area (Å²) in [4.78, 5) is 28.9. The van der Waals surface area contributed by atoms with Gasteiger partial charge in [-0.1, -0.05) is 0 Å². The molecule has 0 radical (unpaired) electrons. The fourth-order valence-corrected chi connectivity index (χ4v) is 5.57. The first-order chi connectivity index (χ1) is 16.2. The molecule has 2 amide bonds. The Kier molecular flexibility index (Phi) is 5.62. The highest BCUT2D eigenvalue weighted by Crippen LogP contribution is 2.57. The number of thiazole rings is 1. The first-order valence-corrected chi connectivity index (χ1v) is 11.7. The zero-order chi connectivity index (χ0) is 24.0. The summed E-state index contributed by atoms with van der Waals surface area (Å²) in [6.07, 6.45) is 3.71. The molecule has 2 aliphatic rings. The van der Waals surface area contributed by atoms with Crippen LogP contribution in [0.15, 0.2) is 24.5 Å². The van der Waals surface area contributed by atoms with E-state index in [9.17, 15) is 18.4 Å². The standard InChI is InChI=1S/C22H23F2N5O4S/c1-11-27-21(18(34-11)19(25)30)33-14-6-22(7-14)4-12(5-22)28-20(31)15-8-26-29-9-13(2-3-16(15)29)32-10-17(23)24/h2-3,8-9,12,14,17H,4-7,10H2,1H3,(H2,25,30)(H,28,31). The molecule has 9 nitrogen and oxygen atoms in total. The van der Waals surface area contributed by atoms with E-state index in [1.807, 2.05) is 0 Å². The Bertz CT molecular complexity index is 1250. The summed E-state index contributed by atoms with van der Waals surface area (Å²) in [6, 6.07) is 3.22. The van der Waals surface area contributed by atoms with E-state index in [2.05, 4.69) is 15.4 Å². The van der Waals surface area contributed by atoms with Crippen molar-refractivity contribution in [2.75, 3.05) is 6.61 Å². The Morgan fingerprint density at radius 1 is 1.32 bits per heavy atom. The average molecular weight is 492 g/mol. The van der Waals surface area contributed by atoms with Gasteiger partial charge in [0.05, 0.1) is 28.5 Å². The van der Waals surface area contributed by atoms with Gasteiger partial charge in [-0.25, -0.2) is 18.3 Å². The second-order valence-electron chi connectivity index (χ2n) is 8.91. The van der Waals surface area contributed by atoms with Gasteiger partial charge in [-0.15, -0.1) is 11.3 Å². The van der Waals surface area contributed by atoms with Crippen LogP contribution >= 0.6 is 11.3 Å². The minimum Gasteiger partial charge on any atom is -0.486 e. The molecule has 3 aromatic heterocycles. The number of amides is 2. The van der Waals surface area contributed by atoms with E-state index in [-0.39, 0.29) is 29.2 Å². The summed E-state index contributed by atoms with van der Waals surface area (Å²) in [6.45, 7) is 1.10. The molecule has 2 saturated carbocycles. The van der Waals surface area contributed by atoms with E-state index in [1.165, 1.54) is 34.3 Å². The number of hydrogen-bond acceptors (Lipinski definition) is 7. The first-order valence-electron chi connectivity index (χ1n) is 10.8. The van der Waals surface area contributed by atoms with Gasteiger partial charge < -0.3 is 20.5 Å². The summed E-state index contributed by atoms with van der Waals surface area (Å²) >= 11 is 1.23. The summed E-state index contributed by atoms with van der Waals surface area (Å²) in [5.41, 5.74) is 6.51. The molecule has 180 valence electrons. The Morgan fingerprint density at radius 3 is 2.79 bits per heavy atom. The van der Waals surface area contributed by atoms with Crippen LogP contribution in [0.25, 0.3) is 5.52 Å². The number of carbonyl (C=O) groups excluding carboxylic acids is 2. The van der Waals surface area contributed by atoms with E-state index in [1.54, 1.807) is 13.0 Å². The van der Waals surface area contributed by atoms with Gasteiger partial charge in [-0.3, -0.25) is 9.59 Å². The number of halogens is 2. The molecule has 0 saturated heterocycles. The monoisotopic (exact) mass is 491 g/mol. The lowest BCUT2D eigenvalue weighted by Crippen LogP contribution is -2.58. The zero-order valence-corrected chi connectivity index (χ0v) is 19.1. The topological polar surface area (TPSA) is 121 Å². The second-order valence-corrected chi connectivity index (χ2v) is 10.1. The van der Waals surface area contributed by atoms with Crippen LogP contribution in [-0.4, -0.2) is 51.6 Å². The number of aryl methyl sites for hydroxylation is 1. The van der Waals surface area contributed by atoms with Crippen LogP contribution in [0.2, 0.25) is 0 Å². The molecular formula is C22H23F2N5O4S. The highest BCUT2D eigenvalue weighted by Gasteiger charge is 2.54. The van der Waals surface area contributed by atoms with Crippen molar-refractivity contribution in [3.8, 4) is 11.6 Å². The predicted molar refractivity (Wildman–Crippen MR) is 119 cm³/mol. The quantitative estimate of drug-likeness (QED) is 0.500. The van der Waals surface area contributed by atoms with Gasteiger partial charge in [0.2, 0.25) is 5.88 Å². The van der Waals surface area contributed by atoms with Gasteiger partial charge in [0.25, 0.3) is 18.2 Å². The number of pyridine rings is 1. The van der Waals surface area contributed by atoms with Crippen LogP contribution in [0.4, 0.5) is 8.78 Å². The third kappa shape index (κ3) is 4.29. The molecule has 3 N–H and O–H groups in total. The number of aromatic nitrogens is 3. The fraction of sp³-hybridized carbons (Fsp3) is 0.455. The van der Waals surface area contributed by atoms with E-state index in [0.717, 1.165) is 30.7 Å². The van der Waals surface area contributed by atoms with Crippen LogP contribution in [0.1, 0.15) is 50.7 Å². The summed E-state index contributed by atoms with van der Waals surface area (Å²) in [5, 5.41) is 7.92. The number of primary amides is 1. The van der Waals surface area contributed by atoms with Crippen molar-refractivity contribution < 1.29 is 27.8 Å². The molecule has 0 unspecified atom stereocenters. The Balaban J connectivity index is 1.13. The van der Waals surface area contributed by atoms with Crippen LogP contribution in [0.3, 0.4) is 0 Å². The largest absolute Gasteiger partial charge is 0.486 e. The molecule has 3 heterocycles. The lowest BCUT2D eigenvalue weighted by atomic mass is 9.53. The number of fused-ring (bicyclic) bond motifs is 1. The smallest absolute Gasteiger partial charge is 0.272 e. The van der Waals surface area contributed by atoms with Crippen molar-refractivity contribution >= 4 is 28.7 Å². The number of rotatable bonds is 8. The predicted octanol–water partition coefficient (Wildman–Crippen LogP) is 2.96. The van der Waals surface area contributed by atoms with Crippen molar-refractivity contribution in [2.24, 2.45) is 11.1 Å². The van der Waals surface area contributed by atoms with Gasteiger partial charge in [0.1, 0.15) is 18.5 Å². The van der Waals surface area contributed by atoms with E-state index in [0.29, 0.717) is 21.8 Å². The Hall–Kier alpha value is -3.28. The zero-order valence-electron chi connectivity index (χ0n) is 18.3. The maximum atomic E-state index is 12.8. The van der Waals surface area contributed by atoms with Crippen molar-refractivity contribution in [2.45, 2.75) is 51.2 Å². The number of alkyl halides is 2. The number of hydrogen-bond donors (Lipinski definition) is 2. The van der Waals surface area contributed by atoms with Gasteiger partial charge >= 0.3 is 0 Å². The van der Waals surface area contributed by atoms with Gasteiger partial charge in [0.15, 0.2) is 4.88 Å². The minimum atomic E-state index is -2.57. The minimum absolute atomic E-state index is 0.0163. The number of nitrogens with two attached hydrogens (primary N) is 1. The Labute approximate surface area is 197 Å². The van der Waals surface area contributed by atoms with E-state index in [4.69, 9.17) is 15.2 Å². The first kappa shape index (κ1) is 22.5. The van der Waals surface area contributed by atoms with Crippen molar-refractivity contribution in [3.63, 3.8) is 0 Å². The summed E-state index contributed by atoms with van der Waals surface area (Å²) in [5.74, 6) is -0.200. The van der Waals surface area contributed by atoms with Crippen molar-refractivity contribution in [3.05, 3.63) is 40.0 Å².